The molecule has 3 heteroatoms. The number of pyridine rings is 1. The summed E-state index contributed by atoms with van der Waals surface area (Å²) in [6, 6.07) is 4.11. The molecule has 0 saturated carbocycles. The average Bonchev–Trinajstić information content (AvgIpc) is 2.15. The van der Waals surface area contributed by atoms with E-state index in [9.17, 15) is 0 Å². The van der Waals surface area contributed by atoms with E-state index in [1.165, 1.54) is 5.56 Å². The first kappa shape index (κ1) is 9.99. The highest BCUT2D eigenvalue weighted by atomic mass is 15.0. The Hall–Kier alpha value is -1.09. The largest absolute Gasteiger partial charge is 0.369 e. The molecule has 0 aliphatic heterocycles. The van der Waals surface area contributed by atoms with E-state index in [2.05, 4.69) is 30.2 Å². The number of nitrogens with one attached hydrogen (secondary N) is 1. The van der Waals surface area contributed by atoms with E-state index >= 15 is 0 Å². The van der Waals surface area contributed by atoms with Gasteiger partial charge in [-0.2, -0.15) is 0 Å². The normalized spacial score (nSPS) is 10.5. The first-order valence-electron chi connectivity index (χ1n) is 4.64. The van der Waals surface area contributed by atoms with Gasteiger partial charge in [-0.25, -0.2) is 4.98 Å². The lowest BCUT2D eigenvalue weighted by Crippen LogP contribution is -2.13. The van der Waals surface area contributed by atoms with Crippen LogP contribution in [0.15, 0.2) is 18.3 Å². The number of rotatable bonds is 4. The molecule has 0 saturated heterocycles. The molecular weight excluding hydrogens is 162 g/mol. The van der Waals surface area contributed by atoms with Crippen LogP contribution >= 0.6 is 0 Å². The van der Waals surface area contributed by atoms with Gasteiger partial charge in [-0.1, -0.05) is 13.8 Å². The second kappa shape index (κ2) is 4.82. The summed E-state index contributed by atoms with van der Waals surface area (Å²) in [4.78, 5) is 4.19. The molecule has 0 fully saturated rings. The van der Waals surface area contributed by atoms with Crippen LogP contribution in [0, 0.1) is 0 Å². The van der Waals surface area contributed by atoms with Crippen molar-refractivity contribution in [2.24, 2.45) is 5.73 Å². The third-order valence-corrected chi connectivity index (χ3v) is 1.90. The molecule has 0 atom stereocenters. The molecule has 0 amide bonds. The topological polar surface area (TPSA) is 50.9 Å². The van der Waals surface area contributed by atoms with E-state index in [0.29, 0.717) is 12.5 Å². The van der Waals surface area contributed by atoms with Crippen LogP contribution in [0.1, 0.15) is 25.3 Å². The third-order valence-electron chi connectivity index (χ3n) is 1.90. The van der Waals surface area contributed by atoms with Crippen LogP contribution in [0.5, 0.6) is 0 Å². The molecule has 0 bridgehead atoms. The predicted octanol–water partition coefficient (Wildman–Crippen LogP) is 1.58. The van der Waals surface area contributed by atoms with Crippen molar-refractivity contribution in [3.8, 4) is 0 Å². The lowest BCUT2D eigenvalue weighted by atomic mass is 10.1. The minimum absolute atomic E-state index is 0.543. The third kappa shape index (κ3) is 3.03. The van der Waals surface area contributed by atoms with Crippen LogP contribution in [-0.2, 0) is 0 Å². The molecule has 0 spiro atoms. The maximum absolute atomic E-state index is 5.38. The number of nitrogens with two attached hydrogens (primary N) is 1. The van der Waals surface area contributed by atoms with Gasteiger partial charge in [-0.3, -0.25) is 0 Å². The Labute approximate surface area is 79.4 Å². The summed E-state index contributed by atoms with van der Waals surface area (Å²) in [6.07, 6.45) is 1.83. The van der Waals surface area contributed by atoms with Crippen molar-refractivity contribution < 1.29 is 0 Å². The van der Waals surface area contributed by atoms with Crippen LogP contribution in [-0.4, -0.2) is 18.1 Å². The Balaban J connectivity index is 2.68. The van der Waals surface area contributed by atoms with Gasteiger partial charge in [0.15, 0.2) is 0 Å². The van der Waals surface area contributed by atoms with Crippen molar-refractivity contribution in [3.05, 3.63) is 23.9 Å². The molecule has 0 aliphatic rings. The van der Waals surface area contributed by atoms with Crippen LogP contribution in [0.25, 0.3) is 0 Å². The second-order valence-electron chi connectivity index (χ2n) is 3.34. The molecule has 1 aromatic rings. The molecule has 72 valence electrons. The fourth-order valence-electron chi connectivity index (χ4n) is 1.10. The van der Waals surface area contributed by atoms with Crippen molar-refractivity contribution in [1.82, 2.24) is 4.98 Å². The highest BCUT2D eigenvalue weighted by molar-refractivity contribution is 5.38. The zero-order chi connectivity index (χ0) is 9.68. The van der Waals surface area contributed by atoms with Crippen molar-refractivity contribution in [2.75, 3.05) is 18.4 Å². The number of hydrogen-bond acceptors (Lipinski definition) is 3. The Morgan fingerprint density at radius 3 is 2.92 bits per heavy atom. The van der Waals surface area contributed by atoms with E-state index < -0.39 is 0 Å². The Morgan fingerprint density at radius 2 is 2.31 bits per heavy atom. The Morgan fingerprint density at radius 1 is 1.54 bits per heavy atom. The number of nitrogens with zero attached hydrogens (tertiary/aromatic N) is 1. The monoisotopic (exact) mass is 179 g/mol. The standard InChI is InChI=1S/C10H17N3/c1-8(2)9-3-5-12-10(7-9)13-6-4-11/h3,5,7-8H,4,6,11H2,1-2H3,(H,12,13). The van der Waals surface area contributed by atoms with Crippen LogP contribution in [0.3, 0.4) is 0 Å². The summed E-state index contributed by atoms with van der Waals surface area (Å²) < 4.78 is 0. The second-order valence-corrected chi connectivity index (χ2v) is 3.34. The van der Waals surface area contributed by atoms with Crippen molar-refractivity contribution in [2.45, 2.75) is 19.8 Å². The number of aromatic nitrogens is 1. The quantitative estimate of drug-likeness (QED) is 0.737. The highest BCUT2D eigenvalue weighted by Gasteiger charge is 1.99. The van der Waals surface area contributed by atoms with Gasteiger partial charge < -0.3 is 11.1 Å². The SMILES string of the molecule is CC(C)c1ccnc(NCCN)c1. The molecule has 1 heterocycles. The van der Waals surface area contributed by atoms with Gasteiger partial charge in [-0.05, 0) is 23.6 Å². The molecule has 13 heavy (non-hydrogen) atoms. The Bertz CT molecular complexity index is 258. The smallest absolute Gasteiger partial charge is 0.126 e. The van der Waals surface area contributed by atoms with Gasteiger partial charge >= 0.3 is 0 Å². The van der Waals surface area contributed by atoms with Gasteiger partial charge in [0.25, 0.3) is 0 Å². The molecule has 3 nitrogen and oxygen atoms in total. The van der Waals surface area contributed by atoms with Crippen molar-refractivity contribution in [3.63, 3.8) is 0 Å². The predicted molar refractivity (Wildman–Crippen MR) is 55.9 cm³/mol. The van der Waals surface area contributed by atoms with Gasteiger partial charge in [0.2, 0.25) is 0 Å². The van der Waals surface area contributed by atoms with Gasteiger partial charge in [0.05, 0.1) is 0 Å². The zero-order valence-electron chi connectivity index (χ0n) is 8.25. The van der Waals surface area contributed by atoms with Crippen molar-refractivity contribution >= 4 is 5.82 Å². The lowest BCUT2D eigenvalue weighted by Gasteiger charge is -2.08. The summed E-state index contributed by atoms with van der Waals surface area (Å²) in [5.41, 5.74) is 6.68. The van der Waals surface area contributed by atoms with E-state index in [1.54, 1.807) is 0 Å². The summed E-state index contributed by atoms with van der Waals surface area (Å²) in [7, 11) is 0. The Kier molecular flexibility index (Phi) is 3.71. The maximum Gasteiger partial charge on any atom is 0.126 e. The minimum atomic E-state index is 0.543. The molecule has 1 rings (SSSR count). The van der Waals surface area contributed by atoms with Crippen molar-refractivity contribution in [1.29, 1.82) is 0 Å². The fourth-order valence-corrected chi connectivity index (χ4v) is 1.10. The summed E-state index contributed by atoms with van der Waals surface area (Å²) >= 11 is 0. The van der Waals surface area contributed by atoms with E-state index in [0.717, 1.165) is 12.4 Å². The van der Waals surface area contributed by atoms with E-state index in [-0.39, 0.29) is 0 Å². The maximum atomic E-state index is 5.38. The molecule has 1 aromatic heterocycles. The molecule has 0 radical (unpaired) electrons. The summed E-state index contributed by atoms with van der Waals surface area (Å²) in [5.74, 6) is 1.46. The van der Waals surface area contributed by atoms with Crippen LogP contribution in [0.4, 0.5) is 5.82 Å². The lowest BCUT2D eigenvalue weighted by molar-refractivity contribution is 0.862. The van der Waals surface area contributed by atoms with E-state index in [1.807, 2.05) is 12.3 Å². The van der Waals surface area contributed by atoms with Gasteiger partial charge in [0.1, 0.15) is 5.82 Å². The minimum Gasteiger partial charge on any atom is -0.369 e. The van der Waals surface area contributed by atoms with Gasteiger partial charge in [-0.15, -0.1) is 0 Å². The summed E-state index contributed by atoms with van der Waals surface area (Å²) in [5, 5.41) is 3.15. The molecule has 0 aromatic carbocycles. The average molecular weight is 179 g/mol. The summed E-state index contributed by atoms with van der Waals surface area (Å²) in [6.45, 7) is 5.74. The highest BCUT2D eigenvalue weighted by Crippen LogP contribution is 2.15. The molecule has 0 unspecified atom stereocenters. The van der Waals surface area contributed by atoms with Gasteiger partial charge in [0, 0.05) is 19.3 Å². The van der Waals surface area contributed by atoms with E-state index in [4.69, 9.17) is 5.73 Å². The number of hydrogen-bond donors (Lipinski definition) is 2. The first-order chi connectivity index (χ1) is 6.24. The number of anilines is 1. The zero-order valence-corrected chi connectivity index (χ0v) is 8.25. The molecule has 3 N–H and O–H groups in total. The van der Waals surface area contributed by atoms with Crippen LogP contribution in [0.2, 0.25) is 0 Å². The first-order valence-corrected chi connectivity index (χ1v) is 4.64. The van der Waals surface area contributed by atoms with Crippen LogP contribution < -0.4 is 11.1 Å². The fraction of sp³-hybridized carbons (Fsp3) is 0.500. The molecule has 0 aliphatic carbocycles. The molecular formula is C10H17N3.